The molecule has 6 atom stereocenters. The van der Waals surface area contributed by atoms with Gasteiger partial charge in [0, 0.05) is 11.8 Å². The lowest BCUT2D eigenvalue weighted by molar-refractivity contribution is -0.205. The number of nitrogens with one attached hydrogen (secondary N) is 1. The second kappa shape index (κ2) is 8.93. The maximum atomic E-state index is 15.4. The number of aryl methyl sites for hydroxylation is 1. The molecule has 2 unspecified atom stereocenters. The van der Waals surface area contributed by atoms with E-state index in [1.807, 2.05) is 0 Å². The minimum atomic E-state index is -6.24. The first kappa shape index (κ1) is 23.5. The fourth-order valence-electron chi connectivity index (χ4n) is 2.19. The number of hydrogen-bond acceptors (Lipinski definition) is 11. The van der Waals surface area contributed by atoms with Gasteiger partial charge in [0.2, 0.25) is 0 Å². The Morgan fingerprint density at radius 2 is 1.87 bits per heavy atom. The highest BCUT2D eigenvalue weighted by molar-refractivity contribution is 7.71. The van der Waals surface area contributed by atoms with E-state index in [9.17, 15) is 33.6 Å². The fourth-order valence-corrected chi connectivity index (χ4v) is 5.21. The van der Waals surface area contributed by atoms with E-state index in [2.05, 4.69) is 22.9 Å². The summed E-state index contributed by atoms with van der Waals surface area (Å²) in [6.45, 7) is -2.88. The zero-order chi connectivity index (χ0) is 25.8. The van der Waals surface area contributed by atoms with E-state index in [0.29, 0.717) is 4.57 Å². The van der Waals surface area contributed by atoms with Crippen LogP contribution in [0.5, 0.6) is 0 Å². The second-order valence-electron chi connectivity index (χ2n) is 5.85. The van der Waals surface area contributed by atoms with E-state index in [1.165, 1.54) is 6.92 Å². The Balaban J connectivity index is 2.36. The maximum absolute atomic E-state index is 15.4. The molecular weight excluding hydrogens is 516 g/mol. The van der Waals surface area contributed by atoms with Crippen molar-refractivity contribution in [3.8, 4) is 0 Å². The fraction of sp³-hybridized carbons (Fsp3) is 0.600. The summed E-state index contributed by atoms with van der Waals surface area (Å²) < 4.78 is 79.9. The number of phosphoric ester groups is 1. The van der Waals surface area contributed by atoms with Gasteiger partial charge < -0.3 is 34.5 Å². The van der Waals surface area contributed by atoms with Crippen molar-refractivity contribution in [2.24, 2.45) is 0 Å². The number of hydrogen-bond donors (Lipinski definition) is 7. The number of halogens is 1. The number of phosphoric acid groups is 3. The third kappa shape index (κ3) is 6.66. The van der Waals surface area contributed by atoms with E-state index >= 15 is 4.39 Å². The first-order valence-electron chi connectivity index (χ1n) is 8.50. The van der Waals surface area contributed by atoms with Gasteiger partial charge in [-0.2, -0.15) is 8.62 Å². The van der Waals surface area contributed by atoms with Crippen molar-refractivity contribution in [1.29, 1.82) is 0 Å². The van der Waals surface area contributed by atoms with Crippen LogP contribution in [0.2, 0.25) is 0 Å². The van der Waals surface area contributed by atoms with Gasteiger partial charge in [-0.1, -0.05) is 12.2 Å². The largest absolute Gasteiger partial charge is 0.490 e. The lowest BCUT2D eigenvalue weighted by atomic mass is 10.1. The Bertz CT molecular complexity index is 1190. The van der Waals surface area contributed by atoms with Crippen LogP contribution in [0.25, 0.3) is 0 Å². The summed E-state index contributed by atoms with van der Waals surface area (Å²) in [6.07, 6.45) is -6.44. The van der Waals surface area contributed by atoms with Crippen molar-refractivity contribution in [3.05, 3.63) is 26.9 Å². The summed E-state index contributed by atoms with van der Waals surface area (Å²) >= 11 is 4.82. The van der Waals surface area contributed by atoms with Crippen LogP contribution in [0, 0.1) is 11.6 Å². The molecule has 1 fully saturated rings. The van der Waals surface area contributed by atoms with Crippen LogP contribution in [0.1, 0.15) is 14.5 Å². The number of nitrogens with zero attached hydrogens (tertiary/aromatic N) is 1. The summed E-state index contributed by atoms with van der Waals surface area (Å²) in [5.74, 6) is -4.22. The third-order valence-electron chi connectivity index (χ3n) is 3.42. The molecule has 0 spiro atoms. The number of alkyl halides is 1. The number of aromatic nitrogens is 2. The van der Waals surface area contributed by atoms with Crippen LogP contribution in [0.4, 0.5) is 4.39 Å². The van der Waals surface area contributed by atoms with E-state index in [4.69, 9.17) is 29.6 Å². The minimum absolute atomic E-state index is 0.0428. The Kier molecular flexibility index (Phi) is 6.76. The third-order valence-corrected chi connectivity index (χ3v) is 7.50. The van der Waals surface area contributed by atoms with Gasteiger partial charge in [-0.25, -0.2) is 22.9 Å². The predicted molar refractivity (Wildman–Crippen MR) is 96.4 cm³/mol. The first-order chi connectivity index (χ1) is 14.6. The normalized spacial score (nSPS) is 32.1. The topological polar surface area (TPSA) is 247 Å². The van der Waals surface area contributed by atoms with Crippen LogP contribution in [0.15, 0.2) is 11.0 Å². The van der Waals surface area contributed by atoms with Gasteiger partial charge in [-0.15, -0.1) is 0 Å². The molecule has 2 rings (SSSR count). The number of aliphatic hydroxyl groups excluding tert-OH is 2. The van der Waals surface area contributed by atoms with Crippen molar-refractivity contribution in [1.82, 2.24) is 9.55 Å². The van der Waals surface area contributed by atoms with Crippen LogP contribution >= 0.6 is 35.7 Å². The molecule has 0 aromatic carbocycles. The zero-order valence-corrected chi connectivity index (χ0v) is 18.3. The first-order valence-corrected chi connectivity index (χ1v) is 12.4. The molecule has 1 aliphatic heterocycles. The van der Waals surface area contributed by atoms with Gasteiger partial charge in [0.1, 0.15) is 23.4 Å². The average Bonchev–Trinajstić information content (AvgIpc) is 2.79. The smallest absolute Gasteiger partial charge is 0.385 e. The van der Waals surface area contributed by atoms with Gasteiger partial charge in [-0.3, -0.25) is 14.1 Å². The number of ether oxygens (including phenoxy) is 1. The predicted octanol–water partition coefficient (Wildman–Crippen LogP) is -0.526. The Labute approximate surface area is 179 Å². The number of aromatic amines is 1. The van der Waals surface area contributed by atoms with Crippen molar-refractivity contribution in [2.45, 2.75) is 31.2 Å². The van der Waals surface area contributed by atoms with Gasteiger partial charge in [0.25, 0.3) is 5.85 Å². The standard InChI is InChI=1S/C10H16FN2O14P3S/c1-4-2-13(9(16)12-7(4)31)8-5(14)6(15)10(11,25-8)3-24-29(20,21)27-30(22,23)26-28(17,18)19/h2,5-6,8,14-15H,3H2,1H3,(H,20,21)(H,22,23)(H,12,16,31)(H2,17,18,19)/t5-,6+,8-,10-/m1/s1/i3D2. The molecule has 1 aromatic heterocycles. The van der Waals surface area contributed by atoms with Gasteiger partial charge in [-0.05, 0) is 6.92 Å². The minimum Gasteiger partial charge on any atom is -0.385 e. The number of H-pyrrole nitrogens is 1. The second-order valence-corrected chi connectivity index (χ2v) is 10.6. The van der Waals surface area contributed by atoms with Crippen LogP contribution in [-0.4, -0.2) is 64.0 Å². The van der Waals surface area contributed by atoms with Crippen LogP contribution in [0.3, 0.4) is 0 Å². The summed E-state index contributed by atoms with van der Waals surface area (Å²) in [6, 6.07) is 0. The molecule has 7 N–H and O–H groups in total. The molecular formula is C10H16FN2O14P3S. The van der Waals surface area contributed by atoms with Crippen LogP contribution in [-0.2, 0) is 31.6 Å². The van der Waals surface area contributed by atoms with Gasteiger partial charge in [0.15, 0.2) is 6.23 Å². The molecule has 1 aliphatic rings. The number of aliphatic hydroxyl groups is 2. The van der Waals surface area contributed by atoms with E-state index < -0.39 is 60.0 Å². The SMILES string of the molecule is [2H]C([2H])(OP(=O)(O)OP(=O)(O)OP(=O)(O)O)[C@@]1(F)O[C@@H](n2cc(C)c(=S)[nH]c2=O)[C@H](O)[C@@H]1O. The van der Waals surface area contributed by atoms with Gasteiger partial charge in [0.05, 0.1) is 2.74 Å². The highest BCUT2D eigenvalue weighted by Crippen LogP contribution is 2.66. The summed E-state index contributed by atoms with van der Waals surface area (Å²) in [5, 5.41) is 20.1. The lowest BCUT2D eigenvalue weighted by Gasteiger charge is -2.24. The van der Waals surface area contributed by atoms with E-state index in [0.717, 1.165) is 6.20 Å². The Morgan fingerprint density at radius 3 is 2.42 bits per heavy atom. The molecule has 0 radical (unpaired) electrons. The van der Waals surface area contributed by atoms with Crippen molar-refractivity contribution < 1.29 is 68.5 Å². The summed E-state index contributed by atoms with van der Waals surface area (Å²) in [4.78, 5) is 49.7. The molecule has 0 bridgehead atoms. The molecule has 2 heterocycles. The highest BCUT2D eigenvalue weighted by atomic mass is 32.1. The molecule has 16 nitrogen and oxygen atoms in total. The lowest BCUT2D eigenvalue weighted by Crippen LogP contribution is -2.43. The quantitative estimate of drug-likeness (QED) is 0.164. The Morgan fingerprint density at radius 1 is 1.29 bits per heavy atom. The molecule has 31 heavy (non-hydrogen) atoms. The summed E-state index contributed by atoms with van der Waals surface area (Å²) in [5.41, 5.74) is -0.873. The molecule has 1 saturated heterocycles. The van der Waals surface area contributed by atoms with E-state index in [1.54, 1.807) is 0 Å². The van der Waals surface area contributed by atoms with E-state index in [-0.39, 0.29) is 10.2 Å². The van der Waals surface area contributed by atoms with Crippen molar-refractivity contribution in [3.63, 3.8) is 0 Å². The molecule has 0 aliphatic carbocycles. The Hall–Kier alpha value is -0.680. The summed E-state index contributed by atoms with van der Waals surface area (Å²) in [7, 11) is -18.1. The molecule has 178 valence electrons. The molecule has 0 amide bonds. The zero-order valence-electron chi connectivity index (χ0n) is 16.8. The van der Waals surface area contributed by atoms with Crippen molar-refractivity contribution in [2.75, 3.05) is 6.56 Å². The average molecular weight is 534 g/mol. The van der Waals surface area contributed by atoms with Crippen LogP contribution < -0.4 is 5.69 Å². The van der Waals surface area contributed by atoms with Gasteiger partial charge >= 0.3 is 29.2 Å². The monoisotopic (exact) mass is 534 g/mol. The molecule has 0 saturated carbocycles. The highest BCUT2D eigenvalue weighted by Gasteiger charge is 2.57. The molecule has 1 aromatic rings. The van der Waals surface area contributed by atoms with Crippen molar-refractivity contribution >= 4 is 35.7 Å². The molecule has 21 heteroatoms. The number of rotatable bonds is 8. The maximum Gasteiger partial charge on any atom is 0.490 e.